The Morgan fingerprint density at radius 2 is 1.92 bits per heavy atom. The molecule has 0 heterocycles. The van der Waals surface area contributed by atoms with Gasteiger partial charge in [0.1, 0.15) is 0 Å². The van der Waals surface area contributed by atoms with Gasteiger partial charge in [-0.3, -0.25) is 0 Å². The highest BCUT2D eigenvalue weighted by Gasteiger charge is 2.14. The molecule has 2 rings (SSSR count). The molecule has 0 atom stereocenters. The van der Waals surface area contributed by atoms with Crippen LogP contribution in [0.4, 0.5) is 0 Å². The Morgan fingerprint density at radius 1 is 1.15 bits per heavy atom. The van der Waals surface area contributed by atoms with E-state index in [-0.39, 0.29) is 0 Å². The standard InChI is InChI=1S/C12H11Cl/c1-8-3-4-10-7-11(13)5-6-12(10)9(8)2/h5-7H,1-4H2. The minimum atomic E-state index is 0.805. The van der Waals surface area contributed by atoms with Gasteiger partial charge in [0.2, 0.25) is 0 Å². The maximum absolute atomic E-state index is 5.91. The second kappa shape index (κ2) is 3.04. The fraction of sp³-hybridized carbons (Fsp3) is 0.167. The average molecular weight is 191 g/mol. The highest BCUT2D eigenvalue weighted by atomic mass is 35.5. The minimum absolute atomic E-state index is 0.805. The molecule has 0 aromatic heterocycles. The van der Waals surface area contributed by atoms with Gasteiger partial charge in [0.25, 0.3) is 0 Å². The average Bonchev–Trinajstić information content (AvgIpc) is 2.12. The van der Waals surface area contributed by atoms with Crippen LogP contribution in [0.1, 0.15) is 17.5 Å². The summed E-state index contributed by atoms with van der Waals surface area (Å²) in [7, 11) is 0. The first-order valence-electron chi connectivity index (χ1n) is 4.34. The molecule has 0 radical (unpaired) electrons. The smallest absolute Gasteiger partial charge is 0.0409 e. The Balaban J connectivity index is 2.56. The second-order valence-corrected chi connectivity index (χ2v) is 3.82. The molecular formula is C12H11Cl. The number of halogens is 1. The maximum Gasteiger partial charge on any atom is 0.0409 e. The lowest BCUT2D eigenvalue weighted by Gasteiger charge is -2.20. The van der Waals surface area contributed by atoms with Gasteiger partial charge in [0, 0.05) is 5.02 Å². The molecule has 0 amide bonds. The quantitative estimate of drug-likeness (QED) is 0.583. The van der Waals surface area contributed by atoms with Crippen molar-refractivity contribution in [3.63, 3.8) is 0 Å². The van der Waals surface area contributed by atoms with E-state index in [2.05, 4.69) is 13.2 Å². The first-order valence-corrected chi connectivity index (χ1v) is 4.72. The molecule has 13 heavy (non-hydrogen) atoms. The highest BCUT2D eigenvalue weighted by Crippen LogP contribution is 2.33. The van der Waals surface area contributed by atoms with Gasteiger partial charge in [-0.1, -0.05) is 30.8 Å². The summed E-state index contributed by atoms with van der Waals surface area (Å²) in [5.74, 6) is 0. The second-order valence-electron chi connectivity index (χ2n) is 3.38. The zero-order valence-electron chi connectivity index (χ0n) is 7.44. The van der Waals surface area contributed by atoms with E-state index in [9.17, 15) is 0 Å². The first kappa shape index (κ1) is 8.58. The molecule has 0 bridgehead atoms. The van der Waals surface area contributed by atoms with Crippen molar-refractivity contribution in [3.8, 4) is 0 Å². The van der Waals surface area contributed by atoms with Gasteiger partial charge >= 0.3 is 0 Å². The van der Waals surface area contributed by atoms with E-state index >= 15 is 0 Å². The van der Waals surface area contributed by atoms with Crippen molar-refractivity contribution < 1.29 is 0 Å². The number of hydrogen-bond acceptors (Lipinski definition) is 0. The molecule has 1 aliphatic carbocycles. The van der Waals surface area contributed by atoms with Crippen LogP contribution >= 0.6 is 11.6 Å². The number of benzene rings is 1. The Kier molecular flexibility index (Phi) is 2.01. The normalized spacial score (nSPS) is 15.8. The van der Waals surface area contributed by atoms with Gasteiger partial charge in [-0.05, 0) is 47.2 Å². The number of aryl methyl sites for hydroxylation is 1. The fourth-order valence-corrected chi connectivity index (χ4v) is 1.89. The lowest BCUT2D eigenvalue weighted by Crippen LogP contribution is -2.02. The zero-order valence-corrected chi connectivity index (χ0v) is 8.19. The molecule has 0 spiro atoms. The molecule has 1 aliphatic rings. The van der Waals surface area contributed by atoms with Crippen molar-refractivity contribution in [2.75, 3.05) is 0 Å². The third-order valence-electron chi connectivity index (χ3n) is 2.52. The van der Waals surface area contributed by atoms with Crippen molar-refractivity contribution in [1.29, 1.82) is 0 Å². The number of allylic oxidation sites excluding steroid dienone is 2. The largest absolute Gasteiger partial charge is 0.0952 e. The topological polar surface area (TPSA) is 0 Å². The Morgan fingerprint density at radius 3 is 2.69 bits per heavy atom. The molecule has 1 aromatic carbocycles. The van der Waals surface area contributed by atoms with Crippen LogP contribution in [-0.4, -0.2) is 0 Å². The Hall–Kier alpha value is -1.01. The predicted octanol–water partition coefficient (Wildman–Crippen LogP) is 3.86. The summed E-state index contributed by atoms with van der Waals surface area (Å²) >= 11 is 5.91. The molecule has 0 saturated carbocycles. The number of fused-ring (bicyclic) bond motifs is 1. The Bertz CT molecular complexity index is 388. The lowest BCUT2D eigenvalue weighted by atomic mass is 9.85. The molecule has 0 saturated heterocycles. The first-order chi connectivity index (χ1) is 6.18. The van der Waals surface area contributed by atoms with Gasteiger partial charge in [-0.25, -0.2) is 0 Å². The van der Waals surface area contributed by atoms with Crippen molar-refractivity contribution in [2.24, 2.45) is 0 Å². The molecule has 0 fully saturated rings. The third kappa shape index (κ3) is 1.42. The van der Waals surface area contributed by atoms with Crippen LogP contribution in [0.25, 0.3) is 5.57 Å². The van der Waals surface area contributed by atoms with Crippen LogP contribution in [0.3, 0.4) is 0 Å². The van der Waals surface area contributed by atoms with E-state index in [1.807, 2.05) is 18.2 Å². The van der Waals surface area contributed by atoms with Crippen LogP contribution in [0, 0.1) is 0 Å². The van der Waals surface area contributed by atoms with Gasteiger partial charge in [-0.15, -0.1) is 0 Å². The summed E-state index contributed by atoms with van der Waals surface area (Å²) in [6, 6.07) is 5.96. The van der Waals surface area contributed by atoms with Crippen molar-refractivity contribution >= 4 is 17.2 Å². The molecule has 1 heteroatoms. The molecule has 0 N–H and O–H groups in total. The fourth-order valence-electron chi connectivity index (χ4n) is 1.69. The van der Waals surface area contributed by atoms with Crippen LogP contribution in [0.5, 0.6) is 0 Å². The summed E-state index contributed by atoms with van der Waals surface area (Å²) < 4.78 is 0. The molecule has 1 aromatic rings. The summed E-state index contributed by atoms with van der Waals surface area (Å²) in [5.41, 5.74) is 4.72. The van der Waals surface area contributed by atoms with E-state index in [0.29, 0.717) is 0 Å². The van der Waals surface area contributed by atoms with E-state index in [0.717, 1.165) is 29.0 Å². The molecule has 0 nitrogen and oxygen atoms in total. The maximum atomic E-state index is 5.91. The number of rotatable bonds is 0. The van der Waals surface area contributed by atoms with E-state index in [4.69, 9.17) is 11.6 Å². The predicted molar refractivity (Wildman–Crippen MR) is 57.9 cm³/mol. The SMILES string of the molecule is C=C1CCc2cc(Cl)ccc2C1=C. The van der Waals surface area contributed by atoms with Gasteiger partial charge in [0.05, 0.1) is 0 Å². The highest BCUT2D eigenvalue weighted by molar-refractivity contribution is 6.30. The Labute approximate surface area is 83.5 Å². The van der Waals surface area contributed by atoms with E-state index < -0.39 is 0 Å². The summed E-state index contributed by atoms with van der Waals surface area (Å²) in [6.07, 6.45) is 2.04. The third-order valence-corrected chi connectivity index (χ3v) is 2.75. The lowest BCUT2D eigenvalue weighted by molar-refractivity contribution is 0.944. The van der Waals surface area contributed by atoms with E-state index in [1.165, 1.54) is 11.1 Å². The van der Waals surface area contributed by atoms with Crippen LogP contribution in [0.15, 0.2) is 36.9 Å². The monoisotopic (exact) mass is 190 g/mol. The van der Waals surface area contributed by atoms with Gasteiger partial charge in [0.15, 0.2) is 0 Å². The summed E-state index contributed by atoms with van der Waals surface area (Å²) in [4.78, 5) is 0. The van der Waals surface area contributed by atoms with Crippen LogP contribution < -0.4 is 0 Å². The molecule has 66 valence electrons. The van der Waals surface area contributed by atoms with Crippen LogP contribution in [0.2, 0.25) is 5.02 Å². The van der Waals surface area contributed by atoms with Crippen molar-refractivity contribution in [3.05, 3.63) is 53.1 Å². The molecular weight excluding hydrogens is 180 g/mol. The van der Waals surface area contributed by atoms with Gasteiger partial charge in [-0.2, -0.15) is 0 Å². The van der Waals surface area contributed by atoms with Crippen LogP contribution in [-0.2, 0) is 6.42 Å². The van der Waals surface area contributed by atoms with E-state index in [1.54, 1.807) is 0 Å². The minimum Gasteiger partial charge on any atom is -0.0952 e. The molecule has 0 aliphatic heterocycles. The molecule has 0 unspecified atom stereocenters. The van der Waals surface area contributed by atoms with Crippen molar-refractivity contribution in [1.82, 2.24) is 0 Å². The summed E-state index contributed by atoms with van der Waals surface area (Å²) in [5, 5.41) is 0.805. The van der Waals surface area contributed by atoms with Gasteiger partial charge < -0.3 is 0 Å². The van der Waals surface area contributed by atoms with Crippen molar-refractivity contribution in [2.45, 2.75) is 12.8 Å². The summed E-state index contributed by atoms with van der Waals surface area (Å²) in [6.45, 7) is 8.01. The number of hydrogen-bond donors (Lipinski definition) is 0. The zero-order chi connectivity index (χ0) is 9.42.